The predicted octanol–water partition coefficient (Wildman–Crippen LogP) is 0.695. The van der Waals surface area contributed by atoms with E-state index in [9.17, 15) is 4.79 Å². The Kier molecular flexibility index (Phi) is 4.36. The molecule has 0 aliphatic heterocycles. The number of oxime groups is 1. The molecular formula is C9H14N4O2S. The van der Waals surface area contributed by atoms with E-state index < -0.39 is 0 Å². The normalized spacial score (nSPS) is 13.8. The van der Waals surface area contributed by atoms with Gasteiger partial charge in [-0.15, -0.1) is 0 Å². The number of hydrogen-bond donors (Lipinski definition) is 3. The van der Waals surface area contributed by atoms with Gasteiger partial charge < -0.3 is 15.9 Å². The molecule has 16 heavy (non-hydrogen) atoms. The molecule has 4 N–H and O–H groups in total. The molecule has 0 spiro atoms. The number of nitrogens with zero attached hydrogens (tertiary/aromatic N) is 2. The molecule has 7 heteroatoms. The number of nitrogens with two attached hydrogens (primary N) is 1. The molecule has 1 atom stereocenters. The van der Waals surface area contributed by atoms with E-state index in [2.05, 4.69) is 15.1 Å². The zero-order valence-electron chi connectivity index (χ0n) is 9.10. The number of aromatic amines is 1. The lowest BCUT2D eigenvalue weighted by atomic mass is 10.3. The fourth-order valence-corrected chi connectivity index (χ4v) is 2.12. The number of aryl methyl sites for hydroxylation is 1. The number of hydrogen-bond acceptors (Lipinski definition) is 5. The van der Waals surface area contributed by atoms with Crippen LogP contribution in [0.4, 0.5) is 0 Å². The molecule has 0 aromatic carbocycles. The monoisotopic (exact) mass is 242 g/mol. The molecule has 0 fully saturated rings. The van der Waals surface area contributed by atoms with E-state index in [1.165, 1.54) is 17.8 Å². The molecule has 88 valence electrons. The molecule has 0 saturated carbocycles. The molecule has 0 bridgehead atoms. The van der Waals surface area contributed by atoms with Gasteiger partial charge in [0.05, 0.1) is 5.25 Å². The molecule has 1 aromatic heterocycles. The lowest BCUT2D eigenvalue weighted by Crippen LogP contribution is -2.26. The minimum absolute atomic E-state index is 0.122. The highest BCUT2D eigenvalue weighted by molar-refractivity contribution is 8.00. The number of aromatic nitrogens is 2. The third kappa shape index (κ3) is 3.27. The SMILES string of the molecule is CCC(Sc1nc(C)cc(=O)[nH]1)C(N)=NO. The summed E-state index contributed by atoms with van der Waals surface area (Å²) in [7, 11) is 0. The summed E-state index contributed by atoms with van der Waals surface area (Å²) >= 11 is 1.27. The quantitative estimate of drug-likeness (QED) is 0.180. The molecule has 0 radical (unpaired) electrons. The van der Waals surface area contributed by atoms with Gasteiger partial charge in [0.25, 0.3) is 5.56 Å². The van der Waals surface area contributed by atoms with Crippen LogP contribution >= 0.6 is 11.8 Å². The topological polar surface area (TPSA) is 104 Å². The number of H-pyrrole nitrogens is 1. The second kappa shape index (κ2) is 5.55. The average Bonchev–Trinajstić information content (AvgIpc) is 2.23. The van der Waals surface area contributed by atoms with Crippen molar-refractivity contribution in [1.82, 2.24) is 9.97 Å². The van der Waals surface area contributed by atoms with Gasteiger partial charge in [-0.2, -0.15) is 0 Å². The van der Waals surface area contributed by atoms with Crippen molar-refractivity contribution in [1.29, 1.82) is 0 Å². The van der Waals surface area contributed by atoms with Crippen LogP contribution in [0.25, 0.3) is 0 Å². The zero-order chi connectivity index (χ0) is 12.1. The van der Waals surface area contributed by atoms with Crippen LogP contribution < -0.4 is 11.3 Å². The first-order valence-electron chi connectivity index (χ1n) is 4.78. The van der Waals surface area contributed by atoms with Crippen LogP contribution in [0.2, 0.25) is 0 Å². The van der Waals surface area contributed by atoms with Crippen molar-refractivity contribution >= 4 is 17.6 Å². The van der Waals surface area contributed by atoms with E-state index >= 15 is 0 Å². The van der Waals surface area contributed by atoms with Crippen molar-refractivity contribution in [3.05, 3.63) is 22.1 Å². The molecule has 0 saturated heterocycles. The van der Waals surface area contributed by atoms with Crippen LogP contribution in [0.5, 0.6) is 0 Å². The lowest BCUT2D eigenvalue weighted by molar-refractivity contribution is 0.317. The van der Waals surface area contributed by atoms with Gasteiger partial charge in [-0.25, -0.2) is 4.98 Å². The lowest BCUT2D eigenvalue weighted by Gasteiger charge is -2.11. The number of thioether (sulfide) groups is 1. The van der Waals surface area contributed by atoms with E-state index in [-0.39, 0.29) is 16.6 Å². The first-order chi connectivity index (χ1) is 7.56. The van der Waals surface area contributed by atoms with Crippen molar-refractivity contribution in [2.75, 3.05) is 0 Å². The molecule has 0 amide bonds. The van der Waals surface area contributed by atoms with Crippen molar-refractivity contribution in [2.24, 2.45) is 10.9 Å². The van der Waals surface area contributed by atoms with Crippen molar-refractivity contribution in [2.45, 2.75) is 30.7 Å². The van der Waals surface area contributed by atoms with E-state index in [0.29, 0.717) is 17.3 Å². The summed E-state index contributed by atoms with van der Waals surface area (Å²) in [6.45, 7) is 3.65. The van der Waals surface area contributed by atoms with Gasteiger partial charge in [0.1, 0.15) is 0 Å². The summed E-state index contributed by atoms with van der Waals surface area (Å²) in [5.74, 6) is 0.122. The molecule has 0 aliphatic rings. The van der Waals surface area contributed by atoms with Crippen LogP contribution in [0, 0.1) is 6.92 Å². The Hall–Kier alpha value is -1.50. The summed E-state index contributed by atoms with van der Waals surface area (Å²) in [6, 6.07) is 1.41. The predicted molar refractivity (Wildman–Crippen MR) is 62.9 cm³/mol. The van der Waals surface area contributed by atoms with Crippen LogP contribution in [0.15, 0.2) is 21.2 Å². The molecule has 6 nitrogen and oxygen atoms in total. The van der Waals surface area contributed by atoms with Crippen LogP contribution in [-0.2, 0) is 0 Å². The molecule has 1 heterocycles. The second-order valence-electron chi connectivity index (χ2n) is 3.23. The first kappa shape index (κ1) is 12.6. The number of rotatable bonds is 4. The van der Waals surface area contributed by atoms with Crippen LogP contribution in [0.1, 0.15) is 19.0 Å². The van der Waals surface area contributed by atoms with Gasteiger partial charge in [0.2, 0.25) is 0 Å². The van der Waals surface area contributed by atoms with E-state index in [1.54, 1.807) is 6.92 Å². The van der Waals surface area contributed by atoms with Crippen LogP contribution in [-0.4, -0.2) is 26.3 Å². The third-order valence-electron chi connectivity index (χ3n) is 1.92. The van der Waals surface area contributed by atoms with E-state index in [0.717, 1.165) is 0 Å². The van der Waals surface area contributed by atoms with E-state index in [1.807, 2.05) is 6.92 Å². The summed E-state index contributed by atoms with van der Waals surface area (Å²) in [4.78, 5) is 18.0. The summed E-state index contributed by atoms with van der Waals surface area (Å²) in [5, 5.41) is 11.8. The molecular weight excluding hydrogens is 228 g/mol. The summed E-state index contributed by atoms with van der Waals surface area (Å²) < 4.78 is 0. The maximum Gasteiger partial charge on any atom is 0.251 e. The Balaban J connectivity index is 2.90. The zero-order valence-corrected chi connectivity index (χ0v) is 9.91. The molecule has 1 unspecified atom stereocenters. The van der Waals surface area contributed by atoms with Gasteiger partial charge in [0, 0.05) is 11.8 Å². The van der Waals surface area contributed by atoms with Gasteiger partial charge in [-0.05, 0) is 13.3 Å². The Labute approximate surface area is 97.0 Å². The highest BCUT2D eigenvalue weighted by Gasteiger charge is 2.15. The fraction of sp³-hybridized carbons (Fsp3) is 0.444. The Bertz CT molecular complexity index is 443. The van der Waals surface area contributed by atoms with Crippen molar-refractivity contribution in [3.63, 3.8) is 0 Å². The second-order valence-corrected chi connectivity index (χ2v) is 4.42. The summed E-state index contributed by atoms with van der Waals surface area (Å²) in [6.07, 6.45) is 0.679. The maximum absolute atomic E-state index is 11.2. The minimum atomic E-state index is -0.204. The first-order valence-corrected chi connectivity index (χ1v) is 5.66. The Morgan fingerprint density at radius 2 is 2.50 bits per heavy atom. The minimum Gasteiger partial charge on any atom is -0.409 e. The van der Waals surface area contributed by atoms with Gasteiger partial charge in [-0.1, -0.05) is 23.8 Å². The van der Waals surface area contributed by atoms with Gasteiger partial charge >= 0.3 is 0 Å². The molecule has 0 aliphatic carbocycles. The maximum atomic E-state index is 11.2. The smallest absolute Gasteiger partial charge is 0.251 e. The molecule has 1 rings (SSSR count). The molecule has 1 aromatic rings. The number of amidine groups is 1. The van der Waals surface area contributed by atoms with Gasteiger partial charge in [0.15, 0.2) is 11.0 Å². The highest BCUT2D eigenvalue weighted by atomic mass is 32.2. The summed E-state index contributed by atoms with van der Waals surface area (Å²) in [5.41, 5.74) is 5.95. The highest BCUT2D eigenvalue weighted by Crippen LogP contribution is 2.21. The standard InChI is InChI=1S/C9H14N4O2S/c1-3-6(8(10)13-15)16-9-11-5(2)4-7(14)12-9/h4,6,15H,3H2,1-2H3,(H2,10,13)(H,11,12,14). The van der Waals surface area contributed by atoms with E-state index in [4.69, 9.17) is 10.9 Å². The Morgan fingerprint density at radius 1 is 1.81 bits per heavy atom. The fourth-order valence-electron chi connectivity index (χ4n) is 1.16. The van der Waals surface area contributed by atoms with Crippen molar-refractivity contribution < 1.29 is 5.21 Å². The van der Waals surface area contributed by atoms with Crippen molar-refractivity contribution in [3.8, 4) is 0 Å². The van der Waals surface area contributed by atoms with Crippen LogP contribution in [0.3, 0.4) is 0 Å². The Morgan fingerprint density at radius 3 is 3.00 bits per heavy atom. The average molecular weight is 242 g/mol. The largest absolute Gasteiger partial charge is 0.409 e. The third-order valence-corrected chi connectivity index (χ3v) is 3.19. The van der Waals surface area contributed by atoms with Gasteiger partial charge in [-0.3, -0.25) is 4.79 Å². The number of nitrogens with one attached hydrogen (secondary N) is 1.